The number of methoxy groups -OCH3 is 1. The number of aromatic hydroxyl groups is 3. The quantitative estimate of drug-likeness (QED) is 0.231. The molecule has 35 heavy (non-hydrogen) atoms. The minimum absolute atomic E-state index is 0.0493. The highest BCUT2D eigenvalue weighted by Gasteiger charge is 2.48. The van der Waals surface area contributed by atoms with Crippen molar-refractivity contribution in [3.8, 4) is 40.1 Å². The zero-order chi connectivity index (χ0) is 25.6. The molecule has 0 spiro atoms. The molecule has 1 aliphatic heterocycles. The summed E-state index contributed by atoms with van der Waals surface area (Å²) in [5, 5.41) is 68.9. The third-order valence-electron chi connectivity index (χ3n) is 5.43. The van der Waals surface area contributed by atoms with E-state index in [1.165, 1.54) is 12.1 Å². The molecule has 0 radical (unpaired) electrons. The average Bonchev–Trinajstić information content (AvgIpc) is 2.80. The number of carboxylic acid groups (broad SMARTS) is 1. The maximum absolute atomic E-state index is 12.7. The van der Waals surface area contributed by atoms with Crippen LogP contribution in [0.3, 0.4) is 0 Å². The first-order valence-corrected chi connectivity index (χ1v) is 10.0. The first-order valence-electron chi connectivity index (χ1n) is 10.0. The average molecular weight is 492 g/mol. The van der Waals surface area contributed by atoms with Gasteiger partial charge in [-0.05, 0) is 18.2 Å². The summed E-state index contributed by atoms with van der Waals surface area (Å²) in [6, 6.07) is 5.82. The number of ether oxygens (including phenoxy) is 3. The maximum Gasteiger partial charge on any atom is 0.335 e. The topological polar surface area (TPSA) is 217 Å². The monoisotopic (exact) mass is 492 g/mol. The molecule has 0 saturated carbocycles. The van der Waals surface area contributed by atoms with Gasteiger partial charge in [-0.3, -0.25) is 4.79 Å². The molecule has 0 bridgehead atoms. The van der Waals surface area contributed by atoms with Crippen LogP contribution in [0, 0.1) is 0 Å². The van der Waals surface area contributed by atoms with E-state index in [0.717, 1.165) is 25.3 Å². The van der Waals surface area contributed by atoms with E-state index in [1.807, 2.05) is 0 Å². The molecular formula is C22H20O13. The molecule has 186 valence electrons. The van der Waals surface area contributed by atoms with Crippen LogP contribution in [0.15, 0.2) is 39.5 Å². The Bertz CT molecular complexity index is 1350. The molecule has 0 unspecified atom stereocenters. The SMILES string of the molecule is COc1c(O[C@H]2O[C@H](C(=O)O)[C@@H](O)[C@H](O)[C@H]2O)cc2oc(-c3ccc(O)c(O)c3)cc(=O)c2c1O. The number of aliphatic hydroxyl groups excluding tert-OH is 3. The summed E-state index contributed by atoms with van der Waals surface area (Å²) in [6.07, 6.45) is -9.56. The Kier molecular flexibility index (Phi) is 6.17. The minimum atomic E-state index is -1.95. The van der Waals surface area contributed by atoms with E-state index in [2.05, 4.69) is 0 Å². The van der Waals surface area contributed by atoms with Crippen LogP contribution >= 0.6 is 0 Å². The summed E-state index contributed by atoms with van der Waals surface area (Å²) in [4.78, 5) is 24.1. The Hall–Kier alpha value is -4.04. The number of carbonyl (C=O) groups is 1. The van der Waals surface area contributed by atoms with Gasteiger partial charge in [0.05, 0.1) is 7.11 Å². The highest BCUT2D eigenvalue weighted by atomic mass is 16.7. The molecule has 1 aromatic heterocycles. The number of aliphatic carboxylic acids is 1. The fourth-order valence-electron chi connectivity index (χ4n) is 3.64. The summed E-state index contributed by atoms with van der Waals surface area (Å²) in [5.41, 5.74) is -0.715. The molecule has 0 amide bonds. The van der Waals surface area contributed by atoms with Crippen molar-refractivity contribution in [1.29, 1.82) is 0 Å². The zero-order valence-electron chi connectivity index (χ0n) is 17.9. The second kappa shape index (κ2) is 8.96. The largest absolute Gasteiger partial charge is 0.504 e. The normalized spacial score (nSPS) is 24.3. The molecule has 13 heteroatoms. The molecule has 1 aliphatic rings. The van der Waals surface area contributed by atoms with Crippen molar-refractivity contribution >= 4 is 16.9 Å². The van der Waals surface area contributed by atoms with E-state index >= 15 is 0 Å². The molecule has 7 N–H and O–H groups in total. The van der Waals surface area contributed by atoms with Crippen LogP contribution in [0.1, 0.15) is 0 Å². The molecular weight excluding hydrogens is 472 g/mol. The lowest BCUT2D eigenvalue weighted by molar-refractivity contribution is -0.271. The summed E-state index contributed by atoms with van der Waals surface area (Å²) in [7, 11) is 1.14. The Morgan fingerprint density at radius 2 is 1.69 bits per heavy atom. The first kappa shape index (κ1) is 24.1. The summed E-state index contributed by atoms with van der Waals surface area (Å²) in [6.45, 7) is 0. The smallest absolute Gasteiger partial charge is 0.335 e. The van der Waals surface area contributed by atoms with Gasteiger partial charge < -0.3 is 54.4 Å². The molecule has 0 aliphatic carbocycles. The van der Waals surface area contributed by atoms with Gasteiger partial charge in [0.1, 0.15) is 35.0 Å². The number of benzene rings is 2. The van der Waals surface area contributed by atoms with Crippen molar-refractivity contribution in [2.45, 2.75) is 30.7 Å². The van der Waals surface area contributed by atoms with E-state index in [1.54, 1.807) is 0 Å². The van der Waals surface area contributed by atoms with Crippen molar-refractivity contribution < 1.29 is 59.2 Å². The van der Waals surface area contributed by atoms with Crippen LogP contribution in [-0.2, 0) is 9.53 Å². The van der Waals surface area contributed by atoms with E-state index in [4.69, 9.17) is 18.6 Å². The molecule has 13 nitrogen and oxygen atoms in total. The second-order valence-corrected chi connectivity index (χ2v) is 7.66. The molecule has 3 aromatic rings. The van der Waals surface area contributed by atoms with Gasteiger partial charge in [-0.25, -0.2) is 4.79 Å². The fraction of sp³-hybridized carbons (Fsp3) is 0.273. The van der Waals surface area contributed by atoms with Gasteiger partial charge >= 0.3 is 5.97 Å². The Labute approximate surface area is 195 Å². The lowest BCUT2D eigenvalue weighted by atomic mass is 9.99. The van der Waals surface area contributed by atoms with E-state index in [9.17, 15) is 45.3 Å². The van der Waals surface area contributed by atoms with Gasteiger partial charge in [0.25, 0.3) is 0 Å². The van der Waals surface area contributed by atoms with Crippen molar-refractivity contribution in [2.75, 3.05) is 7.11 Å². The van der Waals surface area contributed by atoms with Gasteiger partial charge in [0, 0.05) is 17.7 Å². The highest BCUT2D eigenvalue weighted by molar-refractivity contribution is 5.89. The van der Waals surface area contributed by atoms with Crippen LogP contribution in [0.25, 0.3) is 22.3 Å². The third-order valence-corrected chi connectivity index (χ3v) is 5.43. The third kappa shape index (κ3) is 4.17. The van der Waals surface area contributed by atoms with Crippen LogP contribution in [0.5, 0.6) is 28.7 Å². The summed E-state index contributed by atoms with van der Waals surface area (Å²) >= 11 is 0. The molecule has 5 atom stereocenters. The molecule has 2 heterocycles. The van der Waals surface area contributed by atoms with Crippen LogP contribution in [0.4, 0.5) is 0 Å². The predicted octanol–water partition coefficient (Wildman–Crippen LogP) is -0.144. The molecule has 1 fully saturated rings. The number of hydrogen-bond donors (Lipinski definition) is 7. The number of phenols is 3. The summed E-state index contributed by atoms with van der Waals surface area (Å²) < 4.78 is 21.3. The van der Waals surface area contributed by atoms with Crippen LogP contribution in [0.2, 0.25) is 0 Å². The van der Waals surface area contributed by atoms with Gasteiger partial charge in [-0.2, -0.15) is 0 Å². The zero-order valence-corrected chi connectivity index (χ0v) is 17.9. The molecule has 4 rings (SSSR count). The Morgan fingerprint density at radius 1 is 0.971 bits per heavy atom. The van der Waals surface area contributed by atoms with Crippen molar-refractivity contribution in [1.82, 2.24) is 0 Å². The Balaban J connectivity index is 1.81. The number of rotatable bonds is 5. The number of carboxylic acids is 1. The van der Waals surface area contributed by atoms with E-state index in [-0.39, 0.29) is 33.8 Å². The van der Waals surface area contributed by atoms with Crippen LogP contribution in [-0.4, -0.2) is 79.5 Å². The van der Waals surface area contributed by atoms with Crippen molar-refractivity contribution in [3.05, 3.63) is 40.6 Å². The van der Waals surface area contributed by atoms with Crippen LogP contribution < -0.4 is 14.9 Å². The molecule has 1 saturated heterocycles. The molecule has 2 aromatic carbocycles. The standard InChI is InChI=1S/C22H20O13/c1-32-19-13(34-22-18(29)16(27)17(28)20(35-22)21(30)31)6-12-14(15(19)26)10(25)5-11(33-12)7-2-3-8(23)9(24)4-7/h2-6,16-18,20,22-24,26-29H,1H3,(H,30,31)/t16-,17-,18+,20-,22-/m0/s1. The van der Waals surface area contributed by atoms with Gasteiger partial charge in [-0.1, -0.05) is 0 Å². The van der Waals surface area contributed by atoms with Gasteiger partial charge in [0.15, 0.2) is 34.5 Å². The van der Waals surface area contributed by atoms with Crippen molar-refractivity contribution in [2.24, 2.45) is 0 Å². The number of hydrogen-bond acceptors (Lipinski definition) is 12. The first-order chi connectivity index (χ1) is 16.5. The minimum Gasteiger partial charge on any atom is -0.504 e. The summed E-state index contributed by atoms with van der Waals surface area (Å²) in [5.74, 6) is -3.98. The number of aliphatic hydroxyl groups is 3. The van der Waals surface area contributed by atoms with Gasteiger partial charge in [-0.15, -0.1) is 0 Å². The number of phenolic OH excluding ortho intramolecular Hbond substituents is 3. The highest BCUT2D eigenvalue weighted by Crippen LogP contribution is 2.43. The number of fused-ring (bicyclic) bond motifs is 1. The maximum atomic E-state index is 12.7. The predicted molar refractivity (Wildman–Crippen MR) is 114 cm³/mol. The lowest BCUT2D eigenvalue weighted by Crippen LogP contribution is -2.61. The Morgan fingerprint density at radius 3 is 2.31 bits per heavy atom. The van der Waals surface area contributed by atoms with E-state index in [0.29, 0.717) is 0 Å². The van der Waals surface area contributed by atoms with Crippen molar-refractivity contribution in [3.63, 3.8) is 0 Å². The second-order valence-electron chi connectivity index (χ2n) is 7.66. The fourth-order valence-corrected chi connectivity index (χ4v) is 3.64. The van der Waals surface area contributed by atoms with Gasteiger partial charge in [0.2, 0.25) is 12.0 Å². The van der Waals surface area contributed by atoms with E-state index < -0.39 is 59.4 Å². The lowest BCUT2D eigenvalue weighted by Gasteiger charge is -2.38.